The van der Waals surface area contributed by atoms with Gasteiger partial charge in [-0.25, -0.2) is 9.97 Å². The first-order valence-corrected chi connectivity index (χ1v) is 7.29. The van der Waals surface area contributed by atoms with Gasteiger partial charge in [-0.15, -0.1) is 0 Å². The second kappa shape index (κ2) is 6.48. The number of ether oxygens (including phenoxy) is 1. The Balaban J connectivity index is 2.08. The average molecular weight is 314 g/mol. The lowest BCUT2D eigenvalue weighted by atomic mass is 10.1. The van der Waals surface area contributed by atoms with Crippen LogP contribution in [0.4, 0.5) is 5.82 Å². The number of halogens is 1. The first kappa shape index (κ1) is 13.7. The van der Waals surface area contributed by atoms with Crippen LogP contribution in [0.5, 0.6) is 0 Å². The van der Waals surface area contributed by atoms with Gasteiger partial charge in [0.15, 0.2) is 0 Å². The molecule has 1 atom stereocenters. The molecule has 0 saturated carbocycles. The SMILES string of the molecule is CCCc1nc(Br)cc(N2CCC(COC)C2)n1. The largest absolute Gasteiger partial charge is 0.384 e. The highest BCUT2D eigenvalue weighted by Gasteiger charge is 2.23. The van der Waals surface area contributed by atoms with Crippen molar-refractivity contribution < 1.29 is 4.74 Å². The lowest BCUT2D eigenvalue weighted by Crippen LogP contribution is -2.22. The van der Waals surface area contributed by atoms with Crippen molar-refractivity contribution in [3.8, 4) is 0 Å². The summed E-state index contributed by atoms with van der Waals surface area (Å²) in [5.74, 6) is 2.59. The van der Waals surface area contributed by atoms with Crippen LogP contribution in [0.2, 0.25) is 0 Å². The molecule has 0 N–H and O–H groups in total. The third-order valence-electron chi connectivity index (χ3n) is 3.21. The van der Waals surface area contributed by atoms with Crippen molar-refractivity contribution in [1.29, 1.82) is 0 Å². The van der Waals surface area contributed by atoms with E-state index >= 15 is 0 Å². The van der Waals surface area contributed by atoms with Crippen molar-refractivity contribution in [2.24, 2.45) is 5.92 Å². The lowest BCUT2D eigenvalue weighted by molar-refractivity contribution is 0.161. The van der Waals surface area contributed by atoms with Gasteiger partial charge >= 0.3 is 0 Å². The van der Waals surface area contributed by atoms with Crippen LogP contribution in [-0.2, 0) is 11.2 Å². The normalized spacial score (nSPS) is 19.5. The molecule has 1 aliphatic heterocycles. The smallest absolute Gasteiger partial charge is 0.133 e. The number of hydrogen-bond donors (Lipinski definition) is 0. The van der Waals surface area contributed by atoms with Gasteiger partial charge in [0.1, 0.15) is 16.2 Å². The fourth-order valence-corrected chi connectivity index (χ4v) is 2.77. The van der Waals surface area contributed by atoms with Crippen LogP contribution in [0.25, 0.3) is 0 Å². The summed E-state index contributed by atoms with van der Waals surface area (Å²) in [6.07, 6.45) is 3.18. The molecule has 2 heterocycles. The summed E-state index contributed by atoms with van der Waals surface area (Å²) in [5.41, 5.74) is 0. The Hall–Kier alpha value is -0.680. The second-order valence-electron chi connectivity index (χ2n) is 4.77. The van der Waals surface area contributed by atoms with E-state index in [0.717, 1.165) is 48.8 Å². The summed E-state index contributed by atoms with van der Waals surface area (Å²) in [7, 11) is 1.77. The maximum absolute atomic E-state index is 5.23. The second-order valence-corrected chi connectivity index (χ2v) is 5.58. The predicted molar refractivity (Wildman–Crippen MR) is 75.9 cm³/mol. The van der Waals surface area contributed by atoms with Crippen LogP contribution in [0.3, 0.4) is 0 Å². The summed E-state index contributed by atoms with van der Waals surface area (Å²) in [6.45, 7) is 5.07. The number of methoxy groups -OCH3 is 1. The highest BCUT2D eigenvalue weighted by Crippen LogP contribution is 2.24. The van der Waals surface area contributed by atoms with Crippen LogP contribution in [-0.4, -0.2) is 36.8 Å². The third-order valence-corrected chi connectivity index (χ3v) is 3.62. The molecular formula is C13H20BrN3O. The molecule has 1 unspecified atom stereocenters. The van der Waals surface area contributed by atoms with E-state index < -0.39 is 0 Å². The molecule has 0 bridgehead atoms. The predicted octanol–water partition coefficient (Wildman–Crippen LogP) is 2.66. The Morgan fingerprint density at radius 2 is 2.33 bits per heavy atom. The molecule has 0 amide bonds. The summed E-state index contributed by atoms with van der Waals surface area (Å²) in [6, 6.07) is 2.01. The van der Waals surface area contributed by atoms with Crippen LogP contribution >= 0.6 is 15.9 Å². The monoisotopic (exact) mass is 313 g/mol. The van der Waals surface area contributed by atoms with Crippen molar-refractivity contribution in [1.82, 2.24) is 9.97 Å². The Kier molecular flexibility index (Phi) is 4.95. The first-order chi connectivity index (χ1) is 8.72. The van der Waals surface area contributed by atoms with E-state index in [1.54, 1.807) is 7.11 Å². The minimum atomic E-state index is 0.623. The van der Waals surface area contributed by atoms with Crippen molar-refractivity contribution in [2.45, 2.75) is 26.2 Å². The lowest BCUT2D eigenvalue weighted by Gasteiger charge is -2.18. The number of nitrogens with zero attached hydrogens (tertiary/aromatic N) is 3. The Labute approximate surface area is 117 Å². The van der Waals surface area contributed by atoms with Gasteiger partial charge in [0.05, 0.1) is 6.61 Å². The molecule has 1 fully saturated rings. The van der Waals surface area contributed by atoms with Crippen LogP contribution in [0.15, 0.2) is 10.7 Å². The zero-order chi connectivity index (χ0) is 13.0. The van der Waals surface area contributed by atoms with E-state index in [1.807, 2.05) is 6.07 Å². The Morgan fingerprint density at radius 3 is 3.06 bits per heavy atom. The van der Waals surface area contributed by atoms with Gasteiger partial charge < -0.3 is 9.64 Å². The van der Waals surface area contributed by atoms with E-state index in [4.69, 9.17) is 4.74 Å². The molecule has 1 aromatic heterocycles. The number of aromatic nitrogens is 2. The van der Waals surface area contributed by atoms with Gasteiger partial charge in [-0.2, -0.15) is 0 Å². The molecule has 1 aromatic rings. The highest BCUT2D eigenvalue weighted by molar-refractivity contribution is 9.10. The standard InChI is InChI=1S/C13H20BrN3O/c1-3-4-12-15-11(14)7-13(16-12)17-6-5-10(8-17)9-18-2/h7,10H,3-6,8-9H2,1-2H3. The zero-order valence-electron chi connectivity index (χ0n) is 11.0. The van der Waals surface area contributed by atoms with Crippen LogP contribution in [0.1, 0.15) is 25.6 Å². The highest BCUT2D eigenvalue weighted by atomic mass is 79.9. The molecule has 0 aliphatic carbocycles. The summed E-state index contributed by atoms with van der Waals surface area (Å²) in [5, 5.41) is 0. The minimum absolute atomic E-state index is 0.623. The van der Waals surface area contributed by atoms with E-state index in [2.05, 4.69) is 37.7 Å². The molecule has 0 aromatic carbocycles. The summed E-state index contributed by atoms with van der Waals surface area (Å²) >= 11 is 3.47. The van der Waals surface area contributed by atoms with Gasteiger partial charge in [0, 0.05) is 38.6 Å². The van der Waals surface area contributed by atoms with E-state index in [-0.39, 0.29) is 0 Å². The van der Waals surface area contributed by atoms with Crippen molar-refractivity contribution in [2.75, 3.05) is 31.7 Å². The summed E-state index contributed by atoms with van der Waals surface area (Å²) in [4.78, 5) is 11.4. The maximum atomic E-state index is 5.23. The molecule has 2 rings (SSSR count). The fraction of sp³-hybridized carbons (Fsp3) is 0.692. The average Bonchev–Trinajstić information content (AvgIpc) is 2.78. The van der Waals surface area contributed by atoms with Crippen molar-refractivity contribution >= 4 is 21.7 Å². The van der Waals surface area contributed by atoms with Gasteiger partial charge in [-0.05, 0) is 28.8 Å². The molecule has 1 saturated heterocycles. The number of aryl methyl sites for hydroxylation is 1. The number of anilines is 1. The zero-order valence-corrected chi connectivity index (χ0v) is 12.6. The summed E-state index contributed by atoms with van der Waals surface area (Å²) < 4.78 is 6.11. The van der Waals surface area contributed by atoms with Crippen molar-refractivity contribution in [3.05, 3.63) is 16.5 Å². The van der Waals surface area contributed by atoms with E-state index in [0.29, 0.717) is 5.92 Å². The Morgan fingerprint density at radius 1 is 1.50 bits per heavy atom. The van der Waals surface area contributed by atoms with Gasteiger partial charge in [-0.3, -0.25) is 0 Å². The third kappa shape index (κ3) is 3.42. The molecule has 18 heavy (non-hydrogen) atoms. The molecular weight excluding hydrogens is 294 g/mol. The molecule has 1 aliphatic rings. The molecule has 100 valence electrons. The topological polar surface area (TPSA) is 38.2 Å². The molecule has 0 radical (unpaired) electrons. The van der Waals surface area contributed by atoms with E-state index in [9.17, 15) is 0 Å². The van der Waals surface area contributed by atoms with Gasteiger partial charge in [0.2, 0.25) is 0 Å². The maximum Gasteiger partial charge on any atom is 0.133 e. The molecule has 4 nitrogen and oxygen atoms in total. The Bertz CT molecular complexity index is 400. The van der Waals surface area contributed by atoms with Crippen LogP contribution in [0, 0.1) is 5.92 Å². The van der Waals surface area contributed by atoms with Gasteiger partial charge in [0.25, 0.3) is 0 Å². The molecule has 5 heteroatoms. The van der Waals surface area contributed by atoms with Crippen molar-refractivity contribution in [3.63, 3.8) is 0 Å². The first-order valence-electron chi connectivity index (χ1n) is 6.50. The van der Waals surface area contributed by atoms with E-state index in [1.165, 1.54) is 6.42 Å². The molecule has 0 spiro atoms. The quantitative estimate of drug-likeness (QED) is 0.783. The van der Waals surface area contributed by atoms with Gasteiger partial charge in [-0.1, -0.05) is 6.92 Å². The van der Waals surface area contributed by atoms with Crippen LogP contribution < -0.4 is 4.90 Å². The number of hydrogen-bond acceptors (Lipinski definition) is 4. The minimum Gasteiger partial charge on any atom is -0.384 e. The number of rotatable bonds is 5. The fourth-order valence-electron chi connectivity index (χ4n) is 2.36.